The highest BCUT2D eigenvalue weighted by atomic mass is 16.5. The van der Waals surface area contributed by atoms with E-state index >= 15 is 0 Å². The van der Waals surface area contributed by atoms with Crippen LogP contribution in [0.4, 0.5) is 27.5 Å². The Bertz CT molecular complexity index is 1260. The average molecular weight is 559 g/mol. The number of amides is 3. The third kappa shape index (κ3) is 9.51. The van der Waals surface area contributed by atoms with Crippen LogP contribution in [0.3, 0.4) is 0 Å². The van der Waals surface area contributed by atoms with Crippen molar-refractivity contribution < 1.29 is 14.3 Å². The second kappa shape index (κ2) is 15.6. The maximum absolute atomic E-state index is 13.0. The molecule has 1 aliphatic rings. The predicted octanol–water partition coefficient (Wildman–Crippen LogP) is 5.78. The van der Waals surface area contributed by atoms with Gasteiger partial charge in [-0.2, -0.15) is 0 Å². The Hall–Kier alpha value is -4.08. The number of para-hydroxylation sites is 1. The van der Waals surface area contributed by atoms with Gasteiger partial charge in [0.15, 0.2) is 0 Å². The van der Waals surface area contributed by atoms with Gasteiger partial charge in [-0.15, -0.1) is 0 Å². The van der Waals surface area contributed by atoms with Gasteiger partial charge in [0.2, 0.25) is 0 Å². The van der Waals surface area contributed by atoms with Crippen LogP contribution in [0.15, 0.2) is 72.8 Å². The standard InChI is InChI=1S/C32H42N6O3/c1-24(35-26-11-5-3-6-12-26)25-10-9-13-27(22-25)36-32(40)37-28-14-15-30(29(23-28)31(39)34-17-21-41-2)33-16-20-38-18-7-4-8-19-38/h3,5-6,9-15,22-24,33,35H,4,7-8,16-21H2,1-2H3,(H,34,39)(H2,36,37,40). The third-order valence-electron chi connectivity index (χ3n) is 7.11. The maximum atomic E-state index is 13.0. The van der Waals surface area contributed by atoms with E-state index in [1.165, 1.54) is 19.3 Å². The van der Waals surface area contributed by atoms with Gasteiger partial charge in [-0.1, -0.05) is 36.8 Å². The monoisotopic (exact) mass is 558 g/mol. The molecule has 3 aromatic carbocycles. The predicted molar refractivity (Wildman–Crippen MR) is 167 cm³/mol. The summed E-state index contributed by atoms with van der Waals surface area (Å²) in [5, 5.41) is 15.6. The van der Waals surface area contributed by atoms with Crippen molar-refractivity contribution in [3.63, 3.8) is 0 Å². The molecular formula is C32H42N6O3. The minimum atomic E-state index is -0.387. The third-order valence-corrected chi connectivity index (χ3v) is 7.11. The fourth-order valence-electron chi connectivity index (χ4n) is 4.90. The van der Waals surface area contributed by atoms with E-state index in [1.54, 1.807) is 19.2 Å². The lowest BCUT2D eigenvalue weighted by Crippen LogP contribution is -2.34. The summed E-state index contributed by atoms with van der Waals surface area (Å²) in [6.07, 6.45) is 3.78. The number of rotatable bonds is 13. The molecule has 1 saturated heterocycles. The molecule has 9 nitrogen and oxygen atoms in total. The SMILES string of the molecule is COCCNC(=O)c1cc(NC(=O)Nc2cccc(C(C)Nc3ccccc3)c2)ccc1NCCN1CCCCC1. The number of urea groups is 1. The van der Waals surface area contributed by atoms with Gasteiger partial charge in [0.1, 0.15) is 0 Å². The highest BCUT2D eigenvalue weighted by molar-refractivity contribution is 6.03. The van der Waals surface area contributed by atoms with Gasteiger partial charge >= 0.3 is 6.03 Å². The highest BCUT2D eigenvalue weighted by Crippen LogP contribution is 2.24. The molecule has 0 saturated carbocycles. The number of likely N-dealkylation sites (tertiary alicyclic amines) is 1. The molecule has 0 aromatic heterocycles. The molecule has 1 heterocycles. The van der Waals surface area contributed by atoms with Crippen LogP contribution in [0.1, 0.15) is 48.1 Å². The van der Waals surface area contributed by atoms with Crippen LogP contribution in [0, 0.1) is 0 Å². The molecule has 3 amide bonds. The van der Waals surface area contributed by atoms with E-state index in [1.807, 2.05) is 60.7 Å². The Labute approximate surface area is 243 Å². The van der Waals surface area contributed by atoms with Crippen LogP contribution in [-0.4, -0.2) is 63.3 Å². The summed E-state index contributed by atoms with van der Waals surface area (Å²) in [6.45, 7) is 6.79. The summed E-state index contributed by atoms with van der Waals surface area (Å²) in [5.41, 5.74) is 4.48. The number of carbonyl (C=O) groups is 2. The Kier molecular flexibility index (Phi) is 11.4. The Balaban J connectivity index is 1.38. The number of methoxy groups -OCH3 is 1. The normalized spacial score (nSPS) is 14.1. The second-order valence-electron chi connectivity index (χ2n) is 10.3. The van der Waals surface area contributed by atoms with E-state index in [2.05, 4.69) is 38.4 Å². The molecule has 0 spiro atoms. The molecule has 3 aromatic rings. The first kappa shape index (κ1) is 29.9. The lowest BCUT2D eigenvalue weighted by molar-refractivity contribution is 0.0938. The van der Waals surface area contributed by atoms with Crippen LogP contribution in [0.5, 0.6) is 0 Å². The van der Waals surface area contributed by atoms with E-state index in [4.69, 9.17) is 4.74 Å². The summed E-state index contributed by atoms with van der Waals surface area (Å²) >= 11 is 0. The smallest absolute Gasteiger partial charge is 0.323 e. The topological polar surface area (TPSA) is 107 Å². The zero-order valence-corrected chi connectivity index (χ0v) is 24.0. The van der Waals surface area contributed by atoms with E-state index in [-0.39, 0.29) is 18.0 Å². The van der Waals surface area contributed by atoms with Gasteiger partial charge in [-0.05, 0) is 80.9 Å². The van der Waals surface area contributed by atoms with Crippen LogP contribution >= 0.6 is 0 Å². The van der Waals surface area contributed by atoms with Crippen molar-refractivity contribution in [1.82, 2.24) is 10.2 Å². The van der Waals surface area contributed by atoms with Crippen molar-refractivity contribution in [2.45, 2.75) is 32.2 Å². The molecule has 1 fully saturated rings. The van der Waals surface area contributed by atoms with Crippen molar-refractivity contribution in [3.05, 3.63) is 83.9 Å². The largest absolute Gasteiger partial charge is 0.383 e. The average Bonchev–Trinajstić information content (AvgIpc) is 2.99. The van der Waals surface area contributed by atoms with Crippen LogP contribution in [0.25, 0.3) is 0 Å². The van der Waals surface area contributed by atoms with Crippen molar-refractivity contribution in [3.8, 4) is 0 Å². The molecule has 4 rings (SSSR count). The fraction of sp³-hybridized carbons (Fsp3) is 0.375. The molecule has 5 N–H and O–H groups in total. The maximum Gasteiger partial charge on any atom is 0.323 e. The zero-order chi connectivity index (χ0) is 28.9. The second-order valence-corrected chi connectivity index (χ2v) is 10.3. The lowest BCUT2D eigenvalue weighted by atomic mass is 10.1. The van der Waals surface area contributed by atoms with E-state index in [0.717, 1.165) is 43.1 Å². The Morgan fingerprint density at radius 1 is 0.854 bits per heavy atom. The lowest BCUT2D eigenvalue weighted by Gasteiger charge is -2.26. The van der Waals surface area contributed by atoms with E-state index in [9.17, 15) is 9.59 Å². The number of carbonyl (C=O) groups excluding carboxylic acids is 2. The minimum Gasteiger partial charge on any atom is -0.383 e. The molecular weight excluding hydrogens is 516 g/mol. The Morgan fingerprint density at radius 3 is 2.34 bits per heavy atom. The van der Waals surface area contributed by atoms with Gasteiger partial charge in [0, 0.05) is 55.5 Å². The van der Waals surface area contributed by atoms with Crippen LogP contribution in [0.2, 0.25) is 0 Å². The van der Waals surface area contributed by atoms with Crippen LogP contribution < -0.4 is 26.6 Å². The molecule has 1 atom stereocenters. The van der Waals surface area contributed by atoms with E-state index < -0.39 is 0 Å². The summed E-state index contributed by atoms with van der Waals surface area (Å²) in [7, 11) is 1.60. The number of nitrogens with zero attached hydrogens (tertiary/aromatic N) is 1. The summed E-state index contributed by atoms with van der Waals surface area (Å²) in [4.78, 5) is 28.4. The molecule has 1 aliphatic heterocycles. The van der Waals surface area contributed by atoms with Gasteiger partial charge in [0.25, 0.3) is 5.91 Å². The number of hydrogen-bond acceptors (Lipinski definition) is 6. The van der Waals surface area contributed by atoms with Crippen LogP contribution in [-0.2, 0) is 4.74 Å². The molecule has 0 radical (unpaired) electrons. The number of benzene rings is 3. The summed E-state index contributed by atoms with van der Waals surface area (Å²) in [6, 6.07) is 22.8. The van der Waals surface area contributed by atoms with Gasteiger partial charge in [0.05, 0.1) is 12.2 Å². The van der Waals surface area contributed by atoms with E-state index in [0.29, 0.717) is 30.1 Å². The highest BCUT2D eigenvalue weighted by Gasteiger charge is 2.15. The molecule has 1 unspecified atom stereocenters. The van der Waals surface area contributed by atoms with Gasteiger partial charge < -0.3 is 36.2 Å². The van der Waals surface area contributed by atoms with Crippen molar-refractivity contribution in [2.24, 2.45) is 0 Å². The minimum absolute atomic E-state index is 0.0522. The molecule has 41 heavy (non-hydrogen) atoms. The fourth-order valence-corrected chi connectivity index (χ4v) is 4.90. The molecule has 0 bridgehead atoms. The summed E-state index contributed by atoms with van der Waals surface area (Å²) in [5.74, 6) is -0.223. The molecule has 0 aliphatic carbocycles. The van der Waals surface area contributed by atoms with Gasteiger partial charge in [-0.3, -0.25) is 4.79 Å². The first-order valence-corrected chi connectivity index (χ1v) is 14.4. The quantitative estimate of drug-likeness (QED) is 0.170. The Morgan fingerprint density at radius 2 is 1.59 bits per heavy atom. The first-order valence-electron chi connectivity index (χ1n) is 14.4. The van der Waals surface area contributed by atoms with Crippen molar-refractivity contribution in [2.75, 3.05) is 67.7 Å². The number of ether oxygens (including phenoxy) is 1. The summed E-state index contributed by atoms with van der Waals surface area (Å²) < 4.78 is 5.07. The number of nitrogens with one attached hydrogen (secondary N) is 5. The van der Waals surface area contributed by atoms with Gasteiger partial charge in [-0.25, -0.2) is 4.79 Å². The first-order chi connectivity index (χ1) is 20.0. The number of hydrogen-bond donors (Lipinski definition) is 5. The number of anilines is 4. The molecule has 218 valence electrons. The van der Waals surface area contributed by atoms with Crippen molar-refractivity contribution >= 4 is 34.7 Å². The van der Waals surface area contributed by atoms with Crippen molar-refractivity contribution in [1.29, 1.82) is 0 Å². The zero-order valence-electron chi connectivity index (χ0n) is 24.0. The molecule has 9 heteroatoms. The number of piperidine rings is 1.